The standard InChI is InChI=1S/C26H32O5S2/c1-25(2)30-23(24(31-25)17-27-16-19-7-4-3-5-8-19)15-26(32-11-6-12-33-26)14-20-9-10-21-22(13-20)29-18-28-21/h3-5,7-10,13,23-24H,6,11-12,14-18H2,1-2H3/t23-,24-/m1/s1. The van der Waals surface area contributed by atoms with Crippen molar-refractivity contribution >= 4 is 23.5 Å². The molecule has 2 fully saturated rings. The Balaban J connectivity index is 1.28. The van der Waals surface area contributed by atoms with Crippen molar-refractivity contribution in [3.05, 3.63) is 59.7 Å². The molecule has 178 valence electrons. The highest BCUT2D eigenvalue weighted by Gasteiger charge is 2.47. The minimum absolute atomic E-state index is 0.0112. The van der Waals surface area contributed by atoms with Crippen LogP contribution in [-0.2, 0) is 27.2 Å². The maximum atomic E-state index is 6.43. The van der Waals surface area contributed by atoms with Crippen LogP contribution >= 0.6 is 23.5 Å². The predicted molar refractivity (Wildman–Crippen MR) is 133 cm³/mol. The van der Waals surface area contributed by atoms with E-state index < -0.39 is 5.79 Å². The molecule has 0 N–H and O–H groups in total. The Morgan fingerprint density at radius 1 is 0.909 bits per heavy atom. The summed E-state index contributed by atoms with van der Waals surface area (Å²) in [4.78, 5) is 0. The minimum atomic E-state index is -0.602. The van der Waals surface area contributed by atoms with Crippen LogP contribution in [0.2, 0.25) is 0 Å². The molecule has 3 aliphatic heterocycles. The predicted octanol–water partition coefficient (Wildman–Crippen LogP) is 5.65. The van der Waals surface area contributed by atoms with Gasteiger partial charge in [-0.15, -0.1) is 23.5 Å². The van der Waals surface area contributed by atoms with Crippen molar-refractivity contribution in [3.8, 4) is 11.5 Å². The zero-order chi connectivity index (χ0) is 22.7. The monoisotopic (exact) mass is 488 g/mol. The molecule has 7 heteroatoms. The lowest BCUT2D eigenvalue weighted by Crippen LogP contribution is -2.38. The van der Waals surface area contributed by atoms with Gasteiger partial charge in [-0.1, -0.05) is 36.4 Å². The summed E-state index contributed by atoms with van der Waals surface area (Å²) in [5.41, 5.74) is 2.45. The lowest BCUT2D eigenvalue weighted by molar-refractivity contribution is -0.151. The first-order chi connectivity index (χ1) is 16.0. The fourth-order valence-corrected chi connectivity index (χ4v) is 8.11. The molecule has 0 spiro atoms. The Morgan fingerprint density at radius 2 is 1.67 bits per heavy atom. The molecule has 5 rings (SSSR count). The number of hydrogen-bond donors (Lipinski definition) is 0. The van der Waals surface area contributed by atoms with Crippen LogP contribution in [0.4, 0.5) is 0 Å². The third kappa shape index (κ3) is 5.82. The van der Waals surface area contributed by atoms with Crippen molar-refractivity contribution in [3.63, 3.8) is 0 Å². The number of hydrogen-bond acceptors (Lipinski definition) is 7. The van der Waals surface area contributed by atoms with Crippen LogP contribution in [0.3, 0.4) is 0 Å². The molecule has 0 amide bonds. The zero-order valence-electron chi connectivity index (χ0n) is 19.3. The lowest BCUT2D eigenvalue weighted by Gasteiger charge is -2.38. The molecule has 0 aromatic heterocycles. The van der Waals surface area contributed by atoms with Gasteiger partial charge >= 0.3 is 0 Å². The van der Waals surface area contributed by atoms with E-state index in [-0.39, 0.29) is 16.3 Å². The summed E-state index contributed by atoms with van der Waals surface area (Å²) in [5, 5.41) is 0. The van der Waals surface area contributed by atoms with Gasteiger partial charge in [0.05, 0.1) is 23.4 Å². The van der Waals surface area contributed by atoms with Crippen molar-refractivity contribution in [1.82, 2.24) is 0 Å². The second-order valence-corrected chi connectivity index (χ2v) is 12.5. The van der Waals surface area contributed by atoms with E-state index >= 15 is 0 Å². The van der Waals surface area contributed by atoms with Crippen LogP contribution < -0.4 is 9.47 Å². The van der Waals surface area contributed by atoms with Gasteiger partial charge in [-0.05, 0) is 61.5 Å². The van der Waals surface area contributed by atoms with Crippen LogP contribution in [0.1, 0.15) is 37.8 Å². The molecular weight excluding hydrogens is 456 g/mol. The quantitative estimate of drug-likeness (QED) is 0.476. The van der Waals surface area contributed by atoms with Gasteiger partial charge in [0.25, 0.3) is 0 Å². The van der Waals surface area contributed by atoms with Crippen molar-refractivity contribution < 1.29 is 23.7 Å². The fraction of sp³-hybridized carbons (Fsp3) is 0.538. The third-order valence-corrected chi connectivity index (χ3v) is 9.49. The van der Waals surface area contributed by atoms with Crippen LogP contribution in [0, 0.1) is 0 Å². The Morgan fingerprint density at radius 3 is 2.48 bits per heavy atom. The van der Waals surface area contributed by atoms with Gasteiger partial charge in [-0.3, -0.25) is 0 Å². The van der Waals surface area contributed by atoms with Crippen molar-refractivity contribution in [2.45, 2.75) is 61.8 Å². The molecular formula is C26H32O5S2. The molecule has 0 saturated carbocycles. The maximum Gasteiger partial charge on any atom is 0.231 e. The summed E-state index contributed by atoms with van der Waals surface area (Å²) in [5.74, 6) is 3.42. The zero-order valence-corrected chi connectivity index (χ0v) is 20.9. The van der Waals surface area contributed by atoms with Crippen molar-refractivity contribution in [2.75, 3.05) is 24.9 Å². The van der Waals surface area contributed by atoms with E-state index in [1.54, 1.807) is 0 Å². The molecule has 2 saturated heterocycles. The first-order valence-corrected chi connectivity index (χ1v) is 13.6. The van der Waals surface area contributed by atoms with Gasteiger partial charge in [-0.2, -0.15) is 0 Å². The van der Waals surface area contributed by atoms with E-state index in [0.29, 0.717) is 20.0 Å². The second-order valence-electron chi connectivity index (χ2n) is 9.24. The van der Waals surface area contributed by atoms with E-state index in [0.717, 1.165) is 24.3 Å². The van der Waals surface area contributed by atoms with Gasteiger partial charge in [-0.25, -0.2) is 0 Å². The largest absolute Gasteiger partial charge is 0.454 e. The van der Waals surface area contributed by atoms with Crippen LogP contribution in [0.15, 0.2) is 48.5 Å². The normalized spacial score (nSPS) is 25.3. The van der Waals surface area contributed by atoms with Gasteiger partial charge < -0.3 is 23.7 Å². The summed E-state index contributed by atoms with van der Waals surface area (Å²) in [6, 6.07) is 16.6. The number of benzene rings is 2. The SMILES string of the molecule is CC1(C)O[C@H](COCc2ccccc2)[C@@H](CC2(Cc3ccc4c(c3)OCO4)SCCCS2)O1. The van der Waals surface area contributed by atoms with Crippen LogP contribution in [0.5, 0.6) is 11.5 Å². The summed E-state index contributed by atoms with van der Waals surface area (Å²) < 4.78 is 30.0. The molecule has 2 aromatic rings. The van der Waals surface area contributed by atoms with Crippen molar-refractivity contribution in [2.24, 2.45) is 0 Å². The molecule has 0 bridgehead atoms. The number of thioether (sulfide) groups is 2. The fourth-order valence-electron chi connectivity index (χ4n) is 4.67. The smallest absolute Gasteiger partial charge is 0.231 e. The average Bonchev–Trinajstić information content (AvgIpc) is 3.38. The molecule has 2 atom stereocenters. The first-order valence-electron chi connectivity index (χ1n) is 11.6. The Bertz CT molecular complexity index is 930. The number of fused-ring (bicyclic) bond motifs is 1. The van der Waals surface area contributed by atoms with Crippen LogP contribution in [0.25, 0.3) is 0 Å². The Hall–Kier alpha value is -1.38. The van der Waals surface area contributed by atoms with E-state index in [1.807, 2.05) is 38.1 Å². The Labute approximate surface area is 204 Å². The highest BCUT2D eigenvalue weighted by atomic mass is 32.2. The summed E-state index contributed by atoms with van der Waals surface area (Å²) in [7, 11) is 0. The molecule has 5 nitrogen and oxygen atoms in total. The molecule has 33 heavy (non-hydrogen) atoms. The number of ether oxygens (including phenoxy) is 5. The minimum Gasteiger partial charge on any atom is -0.454 e. The summed E-state index contributed by atoms with van der Waals surface area (Å²) >= 11 is 4.13. The Kier molecular flexibility index (Phi) is 7.14. The average molecular weight is 489 g/mol. The van der Waals surface area contributed by atoms with Gasteiger partial charge in [0.1, 0.15) is 6.10 Å². The van der Waals surface area contributed by atoms with Crippen molar-refractivity contribution in [1.29, 1.82) is 0 Å². The molecule has 0 radical (unpaired) electrons. The molecule has 0 unspecified atom stereocenters. The summed E-state index contributed by atoms with van der Waals surface area (Å²) in [6.45, 7) is 5.42. The van der Waals surface area contributed by atoms with Gasteiger partial charge in [0, 0.05) is 6.42 Å². The first kappa shape index (κ1) is 23.4. The topological polar surface area (TPSA) is 46.2 Å². The van der Waals surface area contributed by atoms with E-state index in [1.165, 1.54) is 29.1 Å². The summed E-state index contributed by atoms with van der Waals surface area (Å²) in [6.07, 6.45) is 3.02. The van der Waals surface area contributed by atoms with E-state index in [4.69, 9.17) is 23.7 Å². The lowest BCUT2D eigenvalue weighted by atomic mass is 10.0. The number of rotatable bonds is 8. The van der Waals surface area contributed by atoms with E-state index in [9.17, 15) is 0 Å². The highest BCUT2D eigenvalue weighted by Crippen LogP contribution is 2.50. The second kappa shape index (κ2) is 10.1. The highest BCUT2D eigenvalue weighted by molar-refractivity contribution is 8.18. The van der Waals surface area contributed by atoms with Crippen LogP contribution in [-0.4, -0.2) is 47.0 Å². The third-order valence-electron chi connectivity index (χ3n) is 6.12. The molecule has 3 heterocycles. The van der Waals surface area contributed by atoms with Gasteiger partial charge in [0.2, 0.25) is 6.79 Å². The van der Waals surface area contributed by atoms with Gasteiger partial charge in [0.15, 0.2) is 17.3 Å². The maximum absolute atomic E-state index is 6.43. The molecule has 0 aliphatic carbocycles. The van der Waals surface area contributed by atoms with E-state index in [2.05, 4.69) is 47.8 Å². The molecule has 3 aliphatic rings. The molecule has 2 aromatic carbocycles.